The first-order valence-electron chi connectivity index (χ1n) is 4.32. The van der Waals surface area contributed by atoms with Crippen molar-refractivity contribution < 1.29 is 18.7 Å². The largest absolute Gasteiger partial charge is 0.454 e. The summed E-state index contributed by atoms with van der Waals surface area (Å²) in [6.45, 7) is 0.338. The first-order valence-corrected chi connectivity index (χ1v) is 5.11. The molecule has 1 heterocycles. The molecular formula is C9H9BrFNO3. The highest BCUT2D eigenvalue weighted by Gasteiger charge is 2.23. The minimum Gasteiger partial charge on any atom is -0.454 e. The van der Waals surface area contributed by atoms with Gasteiger partial charge < -0.3 is 14.3 Å². The fourth-order valence-electron chi connectivity index (χ4n) is 1.44. The molecule has 0 saturated carbocycles. The van der Waals surface area contributed by atoms with Gasteiger partial charge in [0.15, 0.2) is 11.5 Å². The van der Waals surface area contributed by atoms with Gasteiger partial charge in [-0.25, -0.2) is 10.3 Å². The molecule has 0 aromatic heterocycles. The standard InChI is InChI=1S/C9H9BrFNO3/c10-6-3-7-9(14-4-13-7)5(8(6)11)1-2-15-12/h3H,1-2,4,12H2. The summed E-state index contributed by atoms with van der Waals surface area (Å²) in [4.78, 5) is 4.42. The third-order valence-corrected chi connectivity index (χ3v) is 2.69. The SMILES string of the molecule is NOCCc1c(F)c(Br)cc2c1OCO2. The molecule has 0 amide bonds. The summed E-state index contributed by atoms with van der Waals surface area (Å²) in [6.07, 6.45) is 0.341. The predicted molar refractivity (Wildman–Crippen MR) is 54.1 cm³/mol. The molecule has 0 bridgehead atoms. The van der Waals surface area contributed by atoms with Crippen LogP contribution in [0.5, 0.6) is 11.5 Å². The van der Waals surface area contributed by atoms with E-state index in [4.69, 9.17) is 15.4 Å². The summed E-state index contributed by atoms with van der Waals surface area (Å²) < 4.78 is 24.4. The molecule has 1 aliphatic rings. The van der Waals surface area contributed by atoms with Gasteiger partial charge in [0.1, 0.15) is 5.82 Å². The number of nitrogens with two attached hydrogens (primary N) is 1. The van der Waals surface area contributed by atoms with E-state index in [1.54, 1.807) is 6.07 Å². The highest BCUT2D eigenvalue weighted by atomic mass is 79.9. The van der Waals surface area contributed by atoms with Crippen LogP contribution >= 0.6 is 15.9 Å². The Morgan fingerprint density at radius 3 is 3.07 bits per heavy atom. The van der Waals surface area contributed by atoms with Gasteiger partial charge in [0.2, 0.25) is 6.79 Å². The molecule has 0 aliphatic carbocycles. The molecule has 2 N–H and O–H groups in total. The van der Waals surface area contributed by atoms with E-state index in [0.29, 0.717) is 28.0 Å². The highest BCUT2D eigenvalue weighted by molar-refractivity contribution is 9.10. The number of ether oxygens (including phenoxy) is 2. The van der Waals surface area contributed by atoms with Crippen LogP contribution in [0, 0.1) is 5.82 Å². The predicted octanol–water partition coefficient (Wildman–Crippen LogP) is 1.75. The Kier molecular flexibility index (Phi) is 3.08. The van der Waals surface area contributed by atoms with Gasteiger partial charge in [0.25, 0.3) is 0 Å². The topological polar surface area (TPSA) is 53.7 Å². The summed E-state index contributed by atoms with van der Waals surface area (Å²) in [5.74, 6) is 5.51. The molecule has 4 nitrogen and oxygen atoms in total. The Bertz CT molecular complexity index is 386. The molecule has 15 heavy (non-hydrogen) atoms. The maximum Gasteiger partial charge on any atom is 0.231 e. The molecule has 1 aromatic carbocycles. The Labute approximate surface area is 94.2 Å². The van der Waals surface area contributed by atoms with Crippen LogP contribution < -0.4 is 15.4 Å². The summed E-state index contributed by atoms with van der Waals surface area (Å²) in [7, 11) is 0. The van der Waals surface area contributed by atoms with E-state index in [1.165, 1.54) is 0 Å². The lowest BCUT2D eigenvalue weighted by Crippen LogP contribution is -2.06. The molecule has 2 rings (SSSR count). The van der Waals surface area contributed by atoms with Gasteiger partial charge in [-0.15, -0.1) is 0 Å². The first kappa shape index (κ1) is 10.7. The Hall–Kier alpha value is -0.850. The van der Waals surface area contributed by atoms with Gasteiger partial charge in [0.05, 0.1) is 11.1 Å². The smallest absolute Gasteiger partial charge is 0.231 e. The van der Waals surface area contributed by atoms with E-state index in [9.17, 15) is 4.39 Å². The molecule has 0 saturated heterocycles. The molecule has 0 unspecified atom stereocenters. The van der Waals surface area contributed by atoms with Crippen LogP contribution in [0.25, 0.3) is 0 Å². The molecule has 82 valence electrons. The van der Waals surface area contributed by atoms with Gasteiger partial charge in [0, 0.05) is 18.1 Å². The van der Waals surface area contributed by atoms with Crippen LogP contribution in [0.4, 0.5) is 4.39 Å². The third-order valence-electron chi connectivity index (χ3n) is 2.12. The van der Waals surface area contributed by atoms with Gasteiger partial charge in [-0.05, 0) is 15.9 Å². The third kappa shape index (κ3) is 1.92. The van der Waals surface area contributed by atoms with Crippen molar-refractivity contribution in [3.63, 3.8) is 0 Å². The van der Waals surface area contributed by atoms with E-state index in [0.717, 1.165) is 0 Å². The fraction of sp³-hybridized carbons (Fsp3) is 0.333. The van der Waals surface area contributed by atoms with Crippen LogP contribution in [0.2, 0.25) is 0 Å². The molecule has 1 aliphatic heterocycles. The Morgan fingerprint density at radius 2 is 2.33 bits per heavy atom. The number of benzene rings is 1. The average molecular weight is 278 g/mol. The van der Waals surface area contributed by atoms with Gasteiger partial charge >= 0.3 is 0 Å². The minimum absolute atomic E-state index is 0.113. The number of rotatable bonds is 3. The summed E-state index contributed by atoms with van der Waals surface area (Å²) in [6, 6.07) is 1.55. The van der Waals surface area contributed by atoms with Crippen LogP contribution in [0.3, 0.4) is 0 Å². The number of hydrogen-bond acceptors (Lipinski definition) is 4. The normalized spacial score (nSPS) is 13.3. The number of halogens is 2. The zero-order valence-electron chi connectivity index (χ0n) is 7.76. The van der Waals surface area contributed by atoms with Crippen LogP contribution in [-0.4, -0.2) is 13.4 Å². The summed E-state index contributed by atoms with van der Waals surface area (Å²) >= 11 is 3.11. The van der Waals surface area contributed by atoms with E-state index >= 15 is 0 Å². The maximum atomic E-state index is 13.7. The fourth-order valence-corrected chi connectivity index (χ4v) is 1.89. The minimum atomic E-state index is -0.365. The molecule has 0 atom stereocenters. The lowest BCUT2D eigenvalue weighted by atomic mass is 10.1. The van der Waals surface area contributed by atoms with Crippen LogP contribution in [0.15, 0.2) is 10.5 Å². The Morgan fingerprint density at radius 1 is 1.53 bits per heavy atom. The van der Waals surface area contributed by atoms with Crippen molar-refractivity contribution in [1.82, 2.24) is 0 Å². The lowest BCUT2D eigenvalue weighted by Gasteiger charge is -2.08. The second-order valence-corrected chi connectivity index (χ2v) is 3.86. The van der Waals surface area contributed by atoms with E-state index < -0.39 is 0 Å². The first-order chi connectivity index (χ1) is 7.24. The van der Waals surface area contributed by atoms with Gasteiger partial charge in [-0.3, -0.25) is 0 Å². The quantitative estimate of drug-likeness (QED) is 0.856. The second kappa shape index (κ2) is 4.34. The second-order valence-electron chi connectivity index (χ2n) is 3.01. The van der Waals surface area contributed by atoms with E-state index in [2.05, 4.69) is 20.8 Å². The zero-order valence-corrected chi connectivity index (χ0v) is 9.34. The number of hydrogen-bond donors (Lipinski definition) is 1. The Balaban J connectivity index is 2.41. The van der Waals surface area contributed by atoms with Crippen LogP contribution in [0.1, 0.15) is 5.56 Å². The van der Waals surface area contributed by atoms with Crippen molar-refractivity contribution in [3.8, 4) is 11.5 Å². The molecule has 0 radical (unpaired) electrons. The maximum absolute atomic E-state index is 13.7. The van der Waals surface area contributed by atoms with Crippen molar-refractivity contribution >= 4 is 15.9 Å². The molecule has 0 fully saturated rings. The van der Waals surface area contributed by atoms with Crippen molar-refractivity contribution in [3.05, 3.63) is 21.9 Å². The van der Waals surface area contributed by atoms with Gasteiger partial charge in [-0.1, -0.05) is 0 Å². The molecule has 6 heteroatoms. The summed E-state index contributed by atoms with van der Waals surface area (Å²) in [5.41, 5.74) is 0.419. The van der Waals surface area contributed by atoms with Crippen molar-refractivity contribution in [1.29, 1.82) is 0 Å². The molecule has 0 spiro atoms. The lowest BCUT2D eigenvalue weighted by molar-refractivity contribution is 0.139. The average Bonchev–Trinajstić information content (AvgIpc) is 2.66. The van der Waals surface area contributed by atoms with Crippen LogP contribution in [-0.2, 0) is 11.3 Å². The molecule has 1 aromatic rings. The van der Waals surface area contributed by atoms with Crippen molar-refractivity contribution in [2.75, 3.05) is 13.4 Å². The van der Waals surface area contributed by atoms with Gasteiger partial charge in [-0.2, -0.15) is 0 Å². The van der Waals surface area contributed by atoms with E-state index in [1.807, 2.05) is 0 Å². The monoisotopic (exact) mass is 277 g/mol. The molecular weight excluding hydrogens is 269 g/mol. The summed E-state index contributed by atoms with van der Waals surface area (Å²) in [5, 5.41) is 0. The zero-order chi connectivity index (χ0) is 10.8. The number of fused-ring (bicyclic) bond motifs is 1. The van der Waals surface area contributed by atoms with Crippen molar-refractivity contribution in [2.24, 2.45) is 5.90 Å². The van der Waals surface area contributed by atoms with Crippen molar-refractivity contribution in [2.45, 2.75) is 6.42 Å². The van der Waals surface area contributed by atoms with E-state index in [-0.39, 0.29) is 19.2 Å². The highest BCUT2D eigenvalue weighted by Crippen LogP contribution is 2.40.